The number of carboxylic acid groups (broad SMARTS) is 1. The monoisotopic (exact) mass is 576 g/mol. The van der Waals surface area contributed by atoms with Gasteiger partial charge in [0.25, 0.3) is 0 Å². The number of rotatable bonds is 5. The second kappa shape index (κ2) is 10.4. The molecule has 0 saturated carbocycles. The summed E-state index contributed by atoms with van der Waals surface area (Å²) in [6, 6.07) is 19.4. The summed E-state index contributed by atoms with van der Waals surface area (Å²) in [5.74, 6) is -1.53. The fourth-order valence-electron chi connectivity index (χ4n) is 5.91. The van der Waals surface area contributed by atoms with Gasteiger partial charge in [-0.2, -0.15) is 0 Å². The summed E-state index contributed by atoms with van der Waals surface area (Å²) in [5, 5.41) is 14.6. The van der Waals surface area contributed by atoms with Crippen molar-refractivity contribution in [2.24, 2.45) is 0 Å². The van der Waals surface area contributed by atoms with Gasteiger partial charge in [-0.25, -0.2) is 14.0 Å². The van der Waals surface area contributed by atoms with E-state index in [1.807, 2.05) is 36.4 Å². The van der Waals surface area contributed by atoms with Gasteiger partial charge in [0.15, 0.2) is 11.4 Å². The average molecular weight is 577 g/mol. The largest absolute Gasteiger partial charge is 0.465 e. The SMILES string of the molecule is O=C(O)Nc1ccc2[nH]c(C(Cc3ccccc3)C(=O)N3CCC[C@@]4(C3)OC(=O)Nc3ccc(Cl)c(F)c34)cc2c1. The molecule has 41 heavy (non-hydrogen) atoms. The number of hydrogen-bond acceptors (Lipinski definition) is 4. The van der Waals surface area contributed by atoms with E-state index in [1.165, 1.54) is 6.07 Å². The number of anilines is 2. The zero-order valence-corrected chi connectivity index (χ0v) is 22.5. The number of carbonyl (C=O) groups excluding carboxylic acids is 2. The summed E-state index contributed by atoms with van der Waals surface area (Å²) in [5.41, 5.74) is 1.79. The van der Waals surface area contributed by atoms with Crippen LogP contribution >= 0.6 is 11.6 Å². The molecule has 6 rings (SSSR count). The Kier molecular flexibility index (Phi) is 6.78. The molecule has 2 atom stereocenters. The Balaban J connectivity index is 1.37. The predicted octanol–water partition coefficient (Wildman–Crippen LogP) is 6.46. The maximum Gasteiger partial charge on any atom is 0.412 e. The molecule has 3 amide bonds. The van der Waals surface area contributed by atoms with Crippen LogP contribution in [0, 0.1) is 5.82 Å². The highest BCUT2D eigenvalue weighted by molar-refractivity contribution is 6.31. The lowest BCUT2D eigenvalue weighted by Gasteiger charge is -2.45. The van der Waals surface area contributed by atoms with Gasteiger partial charge in [-0.3, -0.25) is 15.4 Å². The first-order valence-corrected chi connectivity index (χ1v) is 13.5. The summed E-state index contributed by atoms with van der Waals surface area (Å²) in [4.78, 5) is 42.9. The Bertz CT molecular complexity index is 1680. The third-order valence-electron chi connectivity index (χ3n) is 7.69. The van der Waals surface area contributed by atoms with Gasteiger partial charge >= 0.3 is 12.2 Å². The van der Waals surface area contributed by atoms with Crippen LogP contribution in [0.1, 0.15) is 35.6 Å². The molecular formula is C30H26ClFN4O5. The first-order chi connectivity index (χ1) is 19.7. The molecule has 2 aliphatic rings. The highest BCUT2D eigenvalue weighted by Gasteiger charge is 2.49. The number of carbonyl (C=O) groups is 3. The lowest BCUT2D eigenvalue weighted by atomic mass is 9.82. The minimum absolute atomic E-state index is 0.0261. The number of aromatic amines is 1. The van der Waals surface area contributed by atoms with Crippen molar-refractivity contribution in [1.82, 2.24) is 9.88 Å². The van der Waals surface area contributed by atoms with E-state index in [0.717, 1.165) is 16.5 Å². The van der Waals surface area contributed by atoms with E-state index in [0.29, 0.717) is 37.2 Å². The molecule has 11 heteroatoms. The van der Waals surface area contributed by atoms with E-state index < -0.39 is 29.5 Å². The van der Waals surface area contributed by atoms with Crippen molar-refractivity contribution in [2.75, 3.05) is 23.7 Å². The minimum atomic E-state index is -1.38. The molecule has 2 aliphatic heterocycles. The maximum atomic E-state index is 15.4. The molecule has 1 fully saturated rings. The number of piperidine rings is 1. The zero-order chi connectivity index (χ0) is 28.7. The molecule has 4 aromatic rings. The van der Waals surface area contributed by atoms with E-state index in [1.54, 1.807) is 29.2 Å². The van der Waals surface area contributed by atoms with Gasteiger partial charge in [0, 0.05) is 28.8 Å². The summed E-state index contributed by atoms with van der Waals surface area (Å²) in [6.45, 7) is 0.378. The Morgan fingerprint density at radius 2 is 1.95 bits per heavy atom. The van der Waals surface area contributed by atoms with Gasteiger partial charge in [0.2, 0.25) is 5.91 Å². The quantitative estimate of drug-likeness (QED) is 0.217. The van der Waals surface area contributed by atoms with Crippen LogP contribution in [0.2, 0.25) is 5.02 Å². The number of amides is 3. The van der Waals surface area contributed by atoms with Gasteiger partial charge in [0.1, 0.15) is 0 Å². The molecule has 0 bridgehead atoms. The van der Waals surface area contributed by atoms with Gasteiger partial charge in [-0.1, -0.05) is 41.9 Å². The molecule has 1 saturated heterocycles. The standard InChI is InChI=1S/C30H26ClFN4O5/c31-21-8-10-23-25(26(21)32)30(41-29(40)35-23)11-4-12-36(16-30)27(37)20(13-17-5-2-1-3-6-17)24-15-18-14-19(33-28(38)39)7-9-22(18)34-24/h1-3,5-10,14-15,20,33-34H,4,11-13,16H2,(H,35,40)(H,38,39)/t20?,30-/m0/s1. The summed E-state index contributed by atoms with van der Waals surface area (Å²) >= 11 is 6.12. The third-order valence-corrected chi connectivity index (χ3v) is 7.98. The normalized spacial score (nSPS) is 18.9. The van der Waals surface area contributed by atoms with E-state index in [2.05, 4.69) is 15.6 Å². The van der Waals surface area contributed by atoms with Crippen LogP contribution in [0.15, 0.2) is 66.7 Å². The molecular weight excluding hydrogens is 551 g/mol. The van der Waals surface area contributed by atoms with Crippen LogP contribution in [-0.2, 0) is 21.6 Å². The number of hydrogen-bond donors (Lipinski definition) is 4. The van der Waals surface area contributed by atoms with E-state index >= 15 is 4.39 Å². The first kappa shape index (κ1) is 26.6. The molecule has 3 aromatic carbocycles. The maximum absolute atomic E-state index is 15.4. The minimum Gasteiger partial charge on any atom is -0.465 e. The highest BCUT2D eigenvalue weighted by Crippen LogP contribution is 2.45. The third kappa shape index (κ3) is 5.06. The van der Waals surface area contributed by atoms with Crippen LogP contribution in [0.4, 0.5) is 25.4 Å². The number of H-pyrrole nitrogens is 1. The smallest absolute Gasteiger partial charge is 0.412 e. The number of halogens is 2. The molecule has 3 heterocycles. The van der Waals surface area contributed by atoms with Crippen LogP contribution in [0.5, 0.6) is 0 Å². The number of likely N-dealkylation sites (tertiary alicyclic amines) is 1. The molecule has 210 valence electrons. The highest BCUT2D eigenvalue weighted by atomic mass is 35.5. The van der Waals surface area contributed by atoms with Gasteiger partial charge in [-0.05, 0) is 61.2 Å². The summed E-state index contributed by atoms with van der Waals surface area (Å²) in [7, 11) is 0. The molecule has 0 aliphatic carbocycles. The van der Waals surface area contributed by atoms with E-state index in [9.17, 15) is 14.4 Å². The fourth-order valence-corrected chi connectivity index (χ4v) is 6.06. The lowest BCUT2D eigenvalue weighted by molar-refractivity contribution is -0.141. The van der Waals surface area contributed by atoms with Crippen molar-refractivity contribution in [2.45, 2.75) is 30.8 Å². The van der Waals surface area contributed by atoms with Crippen LogP contribution in [0.25, 0.3) is 10.9 Å². The molecule has 1 unspecified atom stereocenters. The summed E-state index contributed by atoms with van der Waals surface area (Å²) < 4.78 is 21.1. The number of nitrogens with zero attached hydrogens (tertiary/aromatic N) is 1. The first-order valence-electron chi connectivity index (χ1n) is 13.2. The number of ether oxygens (including phenoxy) is 1. The molecule has 1 spiro atoms. The number of benzene rings is 3. The second-order valence-electron chi connectivity index (χ2n) is 10.4. The van der Waals surface area contributed by atoms with Gasteiger partial charge in [-0.15, -0.1) is 0 Å². The summed E-state index contributed by atoms with van der Waals surface area (Å²) in [6.07, 6.45) is -0.679. The number of aromatic nitrogens is 1. The lowest BCUT2D eigenvalue weighted by Crippen LogP contribution is -2.54. The molecule has 9 nitrogen and oxygen atoms in total. The number of nitrogens with one attached hydrogen (secondary N) is 3. The van der Waals surface area contributed by atoms with Crippen molar-refractivity contribution in [3.8, 4) is 0 Å². The van der Waals surface area contributed by atoms with Crippen molar-refractivity contribution < 1.29 is 28.6 Å². The van der Waals surface area contributed by atoms with Crippen LogP contribution in [0.3, 0.4) is 0 Å². The van der Waals surface area contributed by atoms with Crippen molar-refractivity contribution >= 4 is 52.0 Å². The second-order valence-corrected chi connectivity index (χ2v) is 10.8. The Morgan fingerprint density at radius 1 is 1.15 bits per heavy atom. The molecule has 4 N–H and O–H groups in total. The van der Waals surface area contributed by atoms with E-state index in [4.69, 9.17) is 21.4 Å². The average Bonchev–Trinajstić information content (AvgIpc) is 3.36. The Labute approximate surface area is 239 Å². The topological polar surface area (TPSA) is 124 Å². The van der Waals surface area contributed by atoms with Gasteiger partial charge in [0.05, 0.1) is 28.7 Å². The number of fused-ring (bicyclic) bond motifs is 3. The zero-order valence-electron chi connectivity index (χ0n) is 21.7. The van der Waals surface area contributed by atoms with E-state index in [-0.39, 0.29) is 28.7 Å². The van der Waals surface area contributed by atoms with Crippen LogP contribution in [-0.4, -0.2) is 46.2 Å². The Hall–Kier alpha value is -4.57. The fraction of sp³-hybridized carbons (Fsp3) is 0.233. The van der Waals surface area contributed by atoms with Crippen LogP contribution < -0.4 is 10.6 Å². The Morgan fingerprint density at radius 3 is 2.73 bits per heavy atom. The molecule has 1 aromatic heterocycles. The van der Waals surface area contributed by atoms with Gasteiger partial charge < -0.3 is 19.7 Å². The van der Waals surface area contributed by atoms with Crippen molar-refractivity contribution in [1.29, 1.82) is 0 Å². The van der Waals surface area contributed by atoms with Crippen molar-refractivity contribution in [3.63, 3.8) is 0 Å². The van der Waals surface area contributed by atoms with Crippen molar-refractivity contribution in [3.05, 3.63) is 94.4 Å². The predicted molar refractivity (Wildman–Crippen MR) is 152 cm³/mol. The molecule has 0 radical (unpaired) electrons.